The molecule has 0 fully saturated rings. The number of hydrogen-bond donors (Lipinski definition) is 2. The quantitative estimate of drug-likeness (QED) is 0.722. The second kappa shape index (κ2) is 6.25. The molecule has 2 N–H and O–H groups in total. The molecule has 0 unspecified atom stereocenters. The summed E-state index contributed by atoms with van der Waals surface area (Å²) in [7, 11) is -2.32. The number of rotatable bonds is 5. The molecule has 0 radical (unpaired) electrons. The molecule has 0 atom stereocenters. The first-order valence-electron chi connectivity index (χ1n) is 7.48. The third-order valence-corrected chi connectivity index (χ3v) is 5.22. The number of hydrogen-bond acceptors (Lipinski definition) is 6. The predicted molar refractivity (Wildman–Crippen MR) is 92.1 cm³/mol. The lowest BCUT2D eigenvalue weighted by Crippen LogP contribution is -2.14. The molecule has 2 heterocycles. The Hall–Kier alpha value is -2.81. The molecule has 0 bridgehead atoms. The van der Waals surface area contributed by atoms with Crippen molar-refractivity contribution in [3.63, 3.8) is 0 Å². The summed E-state index contributed by atoms with van der Waals surface area (Å²) in [5.74, 6) is 1.16. The van der Waals surface area contributed by atoms with Crippen LogP contribution >= 0.6 is 0 Å². The molecule has 0 saturated heterocycles. The van der Waals surface area contributed by atoms with Crippen LogP contribution in [-0.2, 0) is 10.0 Å². The van der Waals surface area contributed by atoms with Crippen LogP contribution in [0.4, 0.5) is 5.69 Å². The van der Waals surface area contributed by atoms with Crippen LogP contribution in [-0.4, -0.2) is 30.7 Å². The van der Waals surface area contributed by atoms with E-state index < -0.39 is 10.0 Å². The van der Waals surface area contributed by atoms with Crippen molar-refractivity contribution in [3.05, 3.63) is 41.5 Å². The fourth-order valence-electron chi connectivity index (χ4n) is 2.61. The van der Waals surface area contributed by atoms with Gasteiger partial charge in [0.15, 0.2) is 0 Å². The summed E-state index contributed by atoms with van der Waals surface area (Å²) in [5.41, 5.74) is 1.92. The van der Waals surface area contributed by atoms with E-state index in [0.717, 1.165) is 0 Å². The van der Waals surface area contributed by atoms with Crippen LogP contribution in [0.2, 0.25) is 0 Å². The first-order valence-corrected chi connectivity index (χ1v) is 8.96. The Balaban J connectivity index is 2.05. The highest BCUT2D eigenvalue weighted by Gasteiger charge is 2.29. The average molecular weight is 362 g/mol. The maximum absolute atomic E-state index is 12.9. The largest absolute Gasteiger partial charge is 0.497 e. The highest BCUT2D eigenvalue weighted by Crippen LogP contribution is 2.33. The zero-order valence-electron chi connectivity index (χ0n) is 14.2. The molecule has 132 valence electrons. The topological polar surface area (TPSA) is 110 Å². The van der Waals surface area contributed by atoms with Crippen LogP contribution in [0.3, 0.4) is 0 Å². The molecule has 0 saturated carbocycles. The molecule has 0 spiro atoms. The van der Waals surface area contributed by atoms with Crippen LogP contribution < -0.4 is 9.46 Å². The summed E-state index contributed by atoms with van der Waals surface area (Å²) in [6.45, 7) is 5.09. The summed E-state index contributed by atoms with van der Waals surface area (Å²) in [5, 5.41) is 7.73. The Bertz CT molecular complexity index is 1000. The zero-order chi connectivity index (χ0) is 18.2. The van der Waals surface area contributed by atoms with Crippen molar-refractivity contribution in [3.8, 4) is 17.2 Å². The van der Waals surface area contributed by atoms with E-state index in [2.05, 4.69) is 19.9 Å². The number of H-pyrrole nitrogens is 1. The predicted octanol–water partition coefficient (Wildman–Crippen LogP) is 2.80. The number of methoxy groups -OCH3 is 1. The van der Waals surface area contributed by atoms with Gasteiger partial charge in [-0.3, -0.25) is 4.72 Å². The molecule has 0 aliphatic heterocycles. The van der Waals surface area contributed by atoms with Gasteiger partial charge in [-0.1, -0.05) is 0 Å². The van der Waals surface area contributed by atoms with Crippen molar-refractivity contribution in [2.45, 2.75) is 25.7 Å². The third kappa shape index (κ3) is 3.22. The molecule has 9 heteroatoms. The van der Waals surface area contributed by atoms with Gasteiger partial charge in [0.2, 0.25) is 5.89 Å². The lowest BCUT2D eigenvalue weighted by Gasteiger charge is -2.10. The van der Waals surface area contributed by atoms with Gasteiger partial charge < -0.3 is 14.1 Å². The summed E-state index contributed by atoms with van der Waals surface area (Å²) < 4.78 is 38.9. The van der Waals surface area contributed by atoms with E-state index in [9.17, 15) is 8.42 Å². The highest BCUT2D eigenvalue weighted by atomic mass is 32.2. The van der Waals surface area contributed by atoms with Crippen LogP contribution in [0, 0.1) is 20.8 Å². The molecule has 25 heavy (non-hydrogen) atoms. The van der Waals surface area contributed by atoms with E-state index in [4.69, 9.17) is 9.15 Å². The molecule has 0 aliphatic carbocycles. The van der Waals surface area contributed by atoms with Crippen molar-refractivity contribution in [1.82, 2.24) is 15.2 Å². The minimum atomic E-state index is -3.86. The summed E-state index contributed by atoms with van der Waals surface area (Å²) in [6.07, 6.45) is 0. The van der Waals surface area contributed by atoms with Crippen molar-refractivity contribution >= 4 is 15.7 Å². The lowest BCUT2D eigenvalue weighted by atomic mass is 10.2. The fourth-order valence-corrected chi connectivity index (χ4v) is 4.13. The van der Waals surface area contributed by atoms with Gasteiger partial charge in [-0.05, 0) is 38.1 Å². The minimum Gasteiger partial charge on any atom is -0.497 e. The minimum absolute atomic E-state index is 0.0875. The van der Waals surface area contributed by atoms with Gasteiger partial charge in [-0.25, -0.2) is 8.42 Å². The first kappa shape index (κ1) is 17.0. The standard InChI is InChI=1S/C16H18N4O4S/c1-9-14(16-19-18-11(3)24-16)15(10(2)17-9)25(21,22)20-12-5-7-13(23-4)8-6-12/h5-8,17,20H,1-4H3. The monoisotopic (exact) mass is 362 g/mol. The Labute approximate surface area is 145 Å². The van der Waals surface area contributed by atoms with Crippen molar-refractivity contribution in [2.75, 3.05) is 11.8 Å². The SMILES string of the molecule is COc1ccc(NS(=O)(=O)c2c(C)[nH]c(C)c2-c2nnc(C)o2)cc1. The number of nitrogens with one attached hydrogen (secondary N) is 2. The van der Waals surface area contributed by atoms with Gasteiger partial charge in [0.25, 0.3) is 15.9 Å². The normalized spacial score (nSPS) is 11.5. The Morgan fingerprint density at radius 3 is 2.32 bits per heavy atom. The van der Waals surface area contributed by atoms with E-state index >= 15 is 0 Å². The van der Waals surface area contributed by atoms with Crippen LogP contribution in [0.25, 0.3) is 11.5 Å². The molecular weight excluding hydrogens is 344 g/mol. The molecule has 0 amide bonds. The van der Waals surface area contributed by atoms with E-state index in [1.165, 1.54) is 0 Å². The molecular formula is C16H18N4O4S. The van der Waals surface area contributed by atoms with Gasteiger partial charge in [-0.15, -0.1) is 10.2 Å². The van der Waals surface area contributed by atoms with Crippen molar-refractivity contribution in [2.24, 2.45) is 0 Å². The second-order valence-electron chi connectivity index (χ2n) is 5.54. The second-order valence-corrected chi connectivity index (χ2v) is 7.16. The maximum atomic E-state index is 12.9. The summed E-state index contributed by atoms with van der Waals surface area (Å²) >= 11 is 0. The smallest absolute Gasteiger partial charge is 0.264 e. The third-order valence-electron chi connectivity index (χ3n) is 3.67. The number of sulfonamides is 1. The Morgan fingerprint density at radius 2 is 1.76 bits per heavy atom. The Morgan fingerprint density at radius 1 is 1.08 bits per heavy atom. The number of aryl methyl sites for hydroxylation is 3. The molecule has 2 aromatic heterocycles. The van der Waals surface area contributed by atoms with E-state index in [1.54, 1.807) is 52.1 Å². The fraction of sp³-hybridized carbons (Fsp3) is 0.250. The van der Waals surface area contributed by atoms with Gasteiger partial charge in [0.05, 0.1) is 12.7 Å². The van der Waals surface area contributed by atoms with E-state index in [-0.39, 0.29) is 10.8 Å². The molecule has 8 nitrogen and oxygen atoms in total. The number of aromatic amines is 1. The maximum Gasteiger partial charge on any atom is 0.264 e. The van der Waals surface area contributed by atoms with Gasteiger partial charge in [0.1, 0.15) is 10.6 Å². The average Bonchev–Trinajstić information content (AvgIpc) is 3.10. The van der Waals surface area contributed by atoms with Gasteiger partial charge >= 0.3 is 0 Å². The van der Waals surface area contributed by atoms with Crippen LogP contribution in [0.15, 0.2) is 33.6 Å². The number of ether oxygens (including phenoxy) is 1. The zero-order valence-corrected chi connectivity index (χ0v) is 15.1. The molecule has 3 aromatic rings. The van der Waals surface area contributed by atoms with E-state index in [0.29, 0.717) is 34.3 Å². The first-order chi connectivity index (χ1) is 11.8. The number of anilines is 1. The van der Waals surface area contributed by atoms with Gasteiger partial charge in [-0.2, -0.15) is 0 Å². The van der Waals surface area contributed by atoms with E-state index in [1.807, 2.05) is 0 Å². The van der Waals surface area contributed by atoms with Crippen molar-refractivity contribution < 1.29 is 17.6 Å². The number of benzene rings is 1. The number of nitrogens with zero attached hydrogens (tertiary/aromatic N) is 2. The van der Waals surface area contributed by atoms with Crippen molar-refractivity contribution in [1.29, 1.82) is 0 Å². The number of aromatic nitrogens is 3. The molecule has 3 rings (SSSR count). The van der Waals surface area contributed by atoms with Gasteiger partial charge in [0, 0.05) is 24.0 Å². The van der Waals surface area contributed by atoms with Crippen LogP contribution in [0.5, 0.6) is 5.75 Å². The van der Waals surface area contributed by atoms with Crippen LogP contribution in [0.1, 0.15) is 17.3 Å². The summed E-state index contributed by atoms with van der Waals surface area (Å²) in [6, 6.07) is 6.61. The molecule has 0 aliphatic rings. The molecule has 1 aromatic carbocycles. The highest BCUT2D eigenvalue weighted by molar-refractivity contribution is 7.93. The Kier molecular flexibility index (Phi) is 4.25. The summed E-state index contributed by atoms with van der Waals surface area (Å²) in [4.78, 5) is 3.11. The lowest BCUT2D eigenvalue weighted by molar-refractivity contribution is 0.415.